The van der Waals surface area contributed by atoms with Crippen molar-refractivity contribution in [3.63, 3.8) is 0 Å². The molecule has 0 N–H and O–H groups in total. The van der Waals surface area contributed by atoms with Gasteiger partial charge in [0.25, 0.3) is 0 Å². The Bertz CT molecular complexity index is 1490. The number of rotatable bonds is 6. The Morgan fingerprint density at radius 3 is 2.26 bits per heavy atom. The first-order chi connectivity index (χ1) is 18.5. The van der Waals surface area contributed by atoms with Crippen molar-refractivity contribution in [2.24, 2.45) is 5.92 Å². The quantitative estimate of drug-likeness (QED) is 0.290. The highest BCUT2D eigenvalue weighted by molar-refractivity contribution is 6.14. The van der Waals surface area contributed by atoms with Crippen LogP contribution in [-0.4, -0.2) is 17.7 Å². The van der Waals surface area contributed by atoms with Crippen LogP contribution in [-0.2, 0) is 31.9 Å². The Kier molecular flexibility index (Phi) is 7.68. The van der Waals surface area contributed by atoms with Crippen molar-refractivity contribution < 1.29 is 32.3 Å². The molecule has 198 valence electrons. The van der Waals surface area contributed by atoms with Crippen molar-refractivity contribution in [1.82, 2.24) is 0 Å². The molecule has 0 fully saturated rings. The number of hydrogen-bond donors (Lipinski definition) is 0. The van der Waals surface area contributed by atoms with E-state index in [9.17, 15) is 32.8 Å². The Hall–Kier alpha value is -4.71. The van der Waals surface area contributed by atoms with Crippen molar-refractivity contribution in [3.8, 4) is 6.07 Å². The van der Waals surface area contributed by atoms with Crippen LogP contribution in [0, 0.1) is 17.2 Å². The Morgan fingerprint density at radius 1 is 1.00 bits per heavy atom. The molecule has 39 heavy (non-hydrogen) atoms. The van der Waals surface area contributed by atoms with Crippen LogP contribution in [0.2, 0.25) is 0 Å². The summed E-state index contributed by atoms with van der Waals surface area (Å²) in [6, 6.07) is 21.0. The lowest BCUT2D eigenvalue weighted by molar-refractivity contribution is -0.154. The summed E-state index contributed by atoms with van der Waals surface area (Å²) in [6.45, 7) is 2.57. The molecule has 3 aromatic carbocycles. The number of benzene rings is 3. The lowest BCUT2D eigenvalue weighted by Crippen LogP contribution is -2.48. The van der Waals surface area contributed by atoms with E-state index < -0.39 is 41.2 Å². The van der Waals surface area contributed by atoms with Gasteiger partial charge in [0.2, 0.25) is 5.91 Å². The second kappa shape index (κ2) is 11.0. The highest BCUT2D eigenvalue weighted by Crippen LogP contribution is 2.44. The fourth-order valence-electron chi connectivity index (χ4n) is 4.75. The second-order valence-electron chi connectivity index (χ2n) is 9.06. The smallest absolute Gasteiger partial charge is 0.416 e. The number of allylic oxidation sites excluding steroid dienone is 2. The van der Waals surface area contributed by atoms with Crippen LogP contribution in [0.3, 0.4) is 0 Å². The van der Waals surface area contributed by atoms with Crippen molar-refractivity contribution in [3.05, 3.63) is 112 Å². The van der Waals surface area contributed by atoms with Gasteiger partial charge >= 0.3 is 12.1 Å². The first kappa shape index (κ1) is 27.3. The Labute approximate surface area is 222 Å². The number of amides is 1. The van der Waals surface area contributed by atoms with Crippen LogP contribution in [0.15, 0.2) is 90.1 Å². The van der Waals surface area contributed by atoms with E-state index >= 15 is 0 Å². The predicted molar refractivity (Wildman–Crippen MR) is 136 cm³/mol. The summed E-state index contributed by atoms with van der Waals surface area (Å²) >= 11 is 0. The molecule has 0 aromatic heterocycles. The molecule has 3 aromatic rings. The molecule has 1 aliphatic rings. The predicted octanol–water partition coefficient (Wildman–Crippen LogP) is 5.93. The summed E-state index contributed by atoms with van der Waals surface area (Å²) in [5.74, 6) is -4.87. The van der Waals surface area contributed by atoms with Gasteiger partial charge in [0, 0.05) is 22.9 Å². The van der Waals surface area contributed by atoms with Gasteiger partial charge in [-0.3, -0.25) is 19.3 Å². The normalized spacial score (nSPS) is 17.5. The summed E-state index contributed by atoms with van der Waals surface area (Å²) in [4.78, 5) is 41.5. The molecular weight excluding hydrogens is 509 g/mol. The molecule has 0 spiro atoms. The average molecular weight is 533 g/mol. The van der Waals surface area contributed by atoms with E-state index in [1.807, 2.05) is 6.07 Å². The standard InChI is InChI=1S/C30H23F3N2O4/c1-18-25(19(2)36)26(22-13-11-20(16-34)12-14-22)27(29(38)39-17-21-7-4-3-5-8-21)28(37)35(18)24-10-6-9-23(15-24)30(31,32)33/h3-15,26-27H,17H2,1-2H3. The summed E-state index contributed by atoms with van der Waals surface area (Å²) in [5, 5.41) is 9.19. The van der Waals surface area contributed by atoms with Gasteiger partial charge in [-0.2, -0.15) is 18.4 Å². The first-order valence-electron chi connectivity index (χ1n) is 12.0. The maximum absolute atomic E-state index is 14.0. The molecule has 2 unspecified atom stereocenters. The minimum absolute atomic E-state index is 0.0818. The summed E-state index contributed by atoms with van der Waals surface area (Å²) in [6.07, 6.45) is -4.67. The monoisotopic (exact) mass is 532 g/mol. The van der Waals surface area contributed by atoms with Gasteiger partial charge in [0.1, 0.15) is 12.5 Å². The number of hydrogen-bond acceptors (Lipinski definition) is 5. The molecule has 0 saturated carbocycles. The minimum atomic E-state index is -4.67. The zero-order valence-electron chi connectivity index (χ0n) is 21.0. The van der Waals surface area contributed by atoms with Gasteiger partial charge in [-0.25, -0.2) is 0 Å². The van der Waals surface area contributed by atoms with Gasteiger partial charge in [-0.1, -0.05) is 48.5 Å². The summed E-state index contributed by atoms with van der Waals surface area (Å²) in [7, 11) is 0. The number of carbonyl (C=O) groups is 3. The van der Waals surface area contributed by atoms with Crippen LogP contribution in [0.4, 0.5) is 18.9 Å². The molecule has 0 aliphatic carbocycles. The van der Waals surface area contributed by atoms with Gasteiger partial charge < -0.3 is 4.74 Å². The lowest BCUT2D eigenvalue weighted by Gasteiger charge is -2.39. The Balaban J connectivity index is 1.86. The first-order valence-corrected chi connectivity index (χ1v) is 12.0. The number of Topliss-reactive ketones (excluding diaryl/α,β-unsaturated/α-hetero) is 1. The topological polar surface area (TPSA) is 87.5 Å². The van der Waals surface area contributed by atoms with Crippen molar-refractivity contribution >= 4 is 23.3 Å². The number of carbonyl (C=O) groups excluding carboxylic acids is 3. The molecule has 2 atom stereocenters. The SMILES string of the molecule is CC(=O)C1=C(C)N(c2cccc(C(F)(F)F)c2)C(=O)C(C(=O)OCc2ccccc2)C1c1ccc(C#N)cc1. The largest absolute Gasteiger partial charge is 0.460 e. The molecule has 0 radical (unpaired) electrons. The maximum Gasteiger partial charge on any atom is 0.416 e. The van der Waals surface area contributed by atoms with Crippen molar-refractivity contribution in [2.75, 3.05) is 4.90 Å². The highest BCUT2D eigenvalue weighted by Gasteiger charge is 2.48. The van der Waals surface area contributed by atoms with E-state index in [1.54, 1.807) is 42.5 Å². The number of alkyl halides is 3. The second-order valence-corrected chi connectivity index (χ2v) is 9.06. The van der Waals surface area contributed by atoms with Gasteiger partial charge in [-0.15, -0.1) is 0 Å². The Morgan fingerprint density at radius 2 is 1.67 bits per heavy atom. The van der Waals surface area contributed by atoms with E-state index in [1.165, 1.54) is 32.0 Å². The number of nitrogens with zero attached hydrogens (tertiary/aromatic N) is 2. The molecular formula is C30H23F3N2O4. The minimum Gasteiger partial charge on any atom is -0.460 e. The highest BCUT2D eigenvalue weighted by atomic mass is 19.4. The van der Waals surface area contributed by atoms with E-state index in [0.29, 0.717) is 16.7 Å². The maximum atomic E-state index is 14.0. The molecule has 1 heterocycles. The van der Waals surface area contributed by atoms with Crippen LogP contribution in [0.25, 0.3) is 0 Å². The van der Waals surface area contributed by atoms with Crippen molar-refractivity contribution in [1.29, 1.82) is 5.26 Å². The van der Waals surface area contributed by atoms with E-state index in [4.69, 9.17) is 4.74 Å². The fraction of sp³-hybridized carbons (Fsp3) is 0.200. The van der Waals surface area contributed by atoms with Crippen LogP contribution in [0.1, 0.15) is 42.0 Å². The average Bonchev–Trinajstić information content (AvgIpc) is 2.91. The van der Waals surface area contributed by atoms with Gasteiger partial charge in [0.15, 0.2) is 5.78 Å². The number of nitriles is 1. The number of ether oxygens (including phenoxy) is 1. The summed E-state index contributed by atoms with van der Waals surface area (Å²) in [5.41, 5.74) is 0.480. The third-order valence-electron chi connectivity index (χ3n) is 6.54. The third kappa shape index (κ3) is 5.60. The van der Waals surface area contributed by atoms with E-state index in [0.717, 1.165) is 23.1 Å². The molecule has 0 bridgehead atoms. The number of halogens is 3. The summed E-state index contributed by atoms with van der Waals surface area (Å²) < 4.78 is 45.9. The van der Waals surface area contributed by atoms with Crippen LogP contribution < -0.4 is 4.90 Å². The number of anilines is 1. The molecule has 6 nitrogen and oxygen atoms in total. The van der Waals surface area contributed by atoms with E-state index in [2.05, 4.69) is 0 Å². The van der Waals surface area contributed by atoms with Crippen LogP contribution >= 0.6 is 0 Å². The lowest BCUT2D eigenvalue weighted by atomic mass is 9.74. The molecule has 9 heteroatoms. The molecule has 1 aliphatic heterocycles. The molecule has 1 amide bonds. The third-order valence-corrected chi connectivity index (χ3v) is 6.54. The molecule has 4 rings (SSSR count). The van der Waals surface area contributed by atoms with Gasteiger partial charge in [0.05, 0.1) is 17.2 Å². The zero-order valence-corrected chi connectivity index (χ0v) is 21.0. The number of esters is 1. The van der Waals surface area contributed by atoms with Crippen LogP contribution in [0.5, 0.6) is 0 Å². The molecule has 0 saturated heterocycles. The van der Waals surface area contributed by atoms with E-state index in [-0.39, 0.29) is 23.6 Å². The zero-order chi connectivity index (χ0) is 28.3. The fourth-order valence-corrected chi connectivity index (χ4v) is 4.75. The van der Waals surface area contributed by atoms with Crippen molar-refractivity contribution in [2.45, 2.75) is 32.5 Å². The van der Waals surface area contributed by atoms with Gasteiger partial charge in [-0.05, 0) is 55.3 Å². The number of ketones is 1.